The summed E-state index contributed by atoms with van der Waals surface area (Å²) in [6, 6.07) is 6.09. The van der Waals surface area contributed by atoms with Gasteiger partial charge in [0.1, 0.15) is 24.2 Å². The monoisotopic (exact) mass is 658 g/mol. The van der Waals surface area contributed by atoms with E-state index in [0.717, 1.165) is 12.2 Å². The lowest BCUT2D eigenvalue weighted by molar-refractivity contribution is -0.137. The van der Waals surface area contributed by atoms with Crippen LogP contribution in [-0.2, 0) is 22.4 Å². The molecular weight excluding hydrogens is 617 g/mol. The second-order valence-electron chi connectivity index (χ2n) is 13.8. The quantitative estimate of drug-likeness (QED) is 0.145. The van der Waals surface area contributed by atoms with Crippen LogP contribution in [0.3, 0.4) is 0 Å². The molecule has 0 aliphatic carbocycles. The van der Waals surface area contributed by atoms with Crippen LogP contribution in [0.2, 0.25) is 25.7 Å². The molecule has 0 radical (unpaired) electrons. The fourth-order valence-corrected chi connectivity index (χ4v) is 5.88. The van der Waals surface area contributed by atoms with E-state index in [4.69, 9.17) is 9.47 Å². The van der Waals surface area contributed by atoms with Crippen LogP contribution < -0.4 is 5.32 Å². The minimum atomic E-state index is -4.68. The molecule has 4 aromatic rings. The zero-order valence-corrected chi connectivity index (χ0v) is 28.0. The number of aromatic amines is 1. The van der Waals surface area contributed by atoms with Gasteiger partial charge in [0.25, 0.3) is 0 Å². The molecule has 1 saturated heterocycles. The molecule has 5 rings (SSSR count). The fourth-order valence-electron chi connectivity index (χ4n) is 5.12. The summed E-state index contributed by atoms with van der Waals surface area (Å²) in [4.78, 5) is 30.0. The number of piperidine rings is 1. The van der Waals surface area contributed by atoms with E-state index in [9.17, 15) is 18.0 Å². The van der Waals surface area contributed by atoms with Crippen LogP contribution in [-0.4, -0.2) is 80.1 Å². The lowest BCUT2D eigenvalue weighted by Crippen LogP contribution is -2.47. The number of fused-ring (bicyclic) bond motifs is 1. The molecule has 1 aliphatic rings. The van der Waals surface area contributed by atoms with Gasteiger partial charge in [-0.2, -0.15) is 13.2 Å². The Balaban J connectivity index is 1.35. The Morgan fingerprint density at radius 3 is 2.67 bits per heavy atom. The van der Waals surface area contributed by atoms with E-state index >= 15 is 0 Å². The van der Waals surface area contributed by atoms with Crippen molar-refractivity contribution < 1.29 is 27.4 Å². The fraction of sp³-hybridized carbons (Fsp3) is 0.516. The van der Waals surface area contributed by atoms with Gasteiger partial charge >= 0.3 is 12.3 Å². The first-order valence-corrected chi connectivity index (χ1v) is 19.0. The minimum absolute atomic E-state index is 0.0480. The van der Waals surface area contributed by atoms with Crippen LogP contribution in [0.15, 0.2) is 36.9 Å². The van der Waals surface area contributed by atoms with E-state index in [1.807, 2.05) is 0 Å². The number of alkyl halides is 3. The molecule has 15 heteroatoms. The highest BCUT2D eigenvalue weighted by molar-refractivity contribution is 6.76. The Bertz CT molecular complexity index is 1680. The molecule has 0 bridgehead atoms. The summed E-state index contributed by atoms with van der Waals surface area (Å²) in [5.41, 5.74) is -0.236. The van der Waals surface area contributed by atoms with Gasteiger partial charge in [0.05, 0.1) is 5.69 Å². The molecule has 0 spiro atoms. The Hall–Kier alpha value is -3.98. The molecule has 1 fully saturated rings. The molecule has 1 amide bonds. The predicted molar refractivity (Wildman–Crippen MR) is 172 cm³/mol. The Morgan fingerprint density at radius 1 is 1.17 bits per heavy atom. The van der Waals surface area contributed by atoms with Crippen molar-refractivity contribution in [2.75, 3.05) is 25.0 Å². The largest absolute Gasteiger partial charge is 0.444 e. The third-order valence-corrected chi connectivity index (χ3v) is 9.16. The van der Waals surface area contributed by atoms with Crippen LogP contribution >= 0.6 is 0 Å². The number of ether oxygens (including phenoxy) is 2. The Labute approximate surface area is 266 Å². The van der Waals surface area contributed by atoms with Crippen molar-refractivity contribution >= 4 is 31.0 Å². The van der Waals surface area contributed by atoms with Crippen molar-refractivity contribution in [3.8, 4) is 22.6 Å². The van der Waals surface area contributed by atoms with Crippen molar-refractivity contribution in [3.63, 3.8) is 0 Å². The highest BCUT2D eigenvalue weighted by Gasteiger charge is 2.36. The summed E-state index contributed by atoms with van der Waals surface area (Å²) < 4.78 is 55.4. The van der Waals surface area contributed by atoms with Crippen molar-refractivity contribution in [1.29, 1.82) is 0 Å². The molecular formula is C31H41F3N8O3Si. The van der Waals surface area contributed by atoms with Crippen LogP contribution in [0, 0.1) is 0 Å². The lowest BCUT2D eigenvalue weighted by atomic mass is 10.0. The number of carbonyl (C=O) groups is 1. The molecule has 4 heterocycles. The van der Waals surface area contributed by atoms with Gasteiger partial charge in [-0.05, 0) is 45.7 Å². The number of nitrogens with zero attached hydrogens (tertiary/aromatic N) is 6. The highest BCUT2D eigenvalue weighted by atomic mass is 28.3. The molecule has 46 heavy (non-hydrogen) atoms. The van der Waals surface area contributed by atoms with Crippen molar-refractivity contribution in [3.05, 3.63) is 42.5 Å². The number of anilines is 1. The average molecular weight is 659 g/mol. The normalized spacial score (nSPS) is 16.2. The summed E-state index contributed by atoms with van der Waals surface area (Å²) in [6.07, 6.45) is 0.200. The van der Waals surface area contributed by atoms with Gasteiger partial charge in [-0.3, -0.25) is 0 Å². The number of halogens is 3. The van der Waals surface area contributed by atoms with Gasteiger partial charge in [-0.1, -0.05) is 31.8 Å². The second kappa shape index (κ2) is 13.0. The molecule has 0 saturated carbocycles. The second-order valence-corrected chi connectivity index (χ2v) is 19.4. The zero-order valence-electron chi connectivity index (χ0n) is 27.0. The van der Waals surface area contributed by atoms with Gasteiger partial charge in [-0.25, -0.2) is 24.4 Å². The van der Waals surface area contributed by atoms with Crippen LogP contribution in [0.1, 0.15) is 39.2 Å². The SMILES string of the molecule is CC(C)(C)OC(=O)N1CCC[C@H](Nc2ncc(C(F)(F)F)c(-c3c[nH]c4cc(-c5ncn(COCC[Si](C)(C)C)n5)ccc34)n2)C1. The smallest absolute Gasteiger partial charge is 0.419 e. The van der Waals surface area contributed by atoms with E-state index in [1.165, 1.54) is 6.20 Å². The average Bonchev–Trinajstić information content (AvgIpc) is 3.60. The number of likely N-dealkylation sites (tertiary alicyclic amines) is 1. The summed E-state index contributed by atoms with van der Waals surface area (Å²) in [5, 5.41) is 8.20. The van der Waals surface area contributed by atoms with E-state index in [2.05, 4.69) is 50.0 Å². The Kier molecular flexibility index (Phi) is 9.45. The third-order valence-electron chi connectivity index (χ3n) is 7.45. The zero-order chi connectivity index (χ0) is 33.3. The summed E-state index contributed by atoms with van der Waals surface area (Å²) in [5.74, 6) is 0.524. The first-order valence-electron chi connectivity index (χ1n) is 15.3. The summed E-state index contributed by atoms with van der Waals surface area (Å²) >= 11 is 0. The van der Waals surface area contributed by atoms with Crippen molar-refractivity contribution in [2.45, 2.75) is 83.8 Å². The van der Waals surface area contributed by atoms with E-state index in [-0.39, 0.29) is 30.0 Å². The van der Waals surface area contributed by atoms with E-state index in [0.29, 0.717) is 54.8 Å². The van der Waals surface area contributed by atoms with Crippen LogP contribution in [0.25, 0.3) is 33.5 Å². The summed E-state index contributed by atoms with van der Waals surface area (Å²) in [7, 11) is -1.20. The predicted octanol–water partition coefficient (Wildman–Crippen LogP) is 7.03. The molecule has 1 atom stereocenters. The number of aromatic nitrogens is 6. The maximum atomic E-state index is 14.2. The number of H-pyrrole nitrogens is 1. The van der Waals surface area contributed by atoms with Crippen LogP contribution in [0.5, 0.6) is 0 Å². The topological polar surface area (TPSA) is 123 Å². The Morgan fingerprint density at radius 2 is 1.96 bits per heavy atom. The van der Waals surface area contributed by atoms with Crippen LogP contribution in [0.4, 0.5) is 23.9 Å². The maximum absolute atomic E-state index is 14.2. The first-order chi connectivity index (χ1) is 21.6. The maximum Gasteiger partial charge on any atom is 0.419 e. The van der Waals surface area contributed by atoms with Gasteiger partial charge in [-0.15, -0.1) is 5.10 Å². The lowest BCUT2D eigenvalue weighted by Gasteiger charge is -2.34. The molecule has 11 nitrogen and oxygen atoms in total. The molecule has 2 N–H and O–H groups in total. The third kappa shape index (κ3) is 8.43. The van der Waals surface area contributed by atoms with Crippen molar-refractivity contribution in [2.24, 2.45) is 0 Å². The van der Waals surface area contributed by atoms with Crippen molar-refractivity contribution in [1.82, 2.24) is 34.6 Å². The van der Waals surface area contributed by atoms with E-state index in [1.54, 1.807) is 54.9 Å². The molecule has 0 unspecified atom stereocenters. The number of carbonyl (C=O) groups excluding carboxylic acids is 1. The first kappa shape index (κ1) is 33.4. The minimum Gasteiger partial charge on any atom is -0.444 e. The van der Waals surface area contributed by atoms with Gasteiger partial charge in [0.2, 0.25) is 5.95 Å². The summed E-state index contributed by atoms with van der Waals surface area (Å²) in [6.45, 7) is 14.1. The molecule has 1 aromatic carbocycles. The number of benzene rings is 1. The number of nitrogens with one attached hydrogen (secondary N) is 2. The van der Waals surface area contributed by atoms with E-state index < -0.39 is 31.5 Å². The standard InChI is InChI=1S/C31H41F3N8O3Si/c1-30(2,3)45-29(43)41-11-7-8-21(17-41)38-28-36-16-24(31(32,33)34)26(39-28)23-15-35-25-14-20(9-10-22(23)25)27-37-18-42(40-27)19-44-12-13-46(4,5)6/h9-10,14-16,18,21,35H,7-8,11-13,17,19H2,1-6H3,(H,36,38,39)/t21-/m0/s1. The number of amides is 1. The van der Waals surface area contributed by atoms with Gasteiger partial charge in [0.15, 0.2) is 5.82 Å². The van der Waals surface area contributed by atoms with Gasteiger partial charge < -0.3 is 24.7 Å². The molecule has 3 aromatic heterocycles. The number of hydrogen-bond acceptors (Lipinski definition) is 8. The molecule has 248 valence electrons. The van der Waals surface area contributed by atoms with Gasteiger partial charge in [0, 0.05) is 68.2 Å². The highest BCUT2D eigenvalue weighted by Crippen LogP contribution is 2.39. The molecule has 1 aliphatic heterocycles. The number of hydrogen-bond donors (Lipinski definition) is 2. The number of rotatable bonds is 9.